The van der Waals surface area contributed by atoms with Gasteiger partial charge in [-0.05, 0) is 17.5 Å². The predicted molar refractivity (Wildman–Crippen MR) is 92.6 cm³/mol. The number of carboxylic acid groups (broad SMARTS) is 1. The summed E-state index contributed by atoms with van der Waals surface area (Å²) in [5, 5.41) is 43.2. The van der Waals surface area contributed by atoms with Crippen LogP contribution >= 0.6 is 0 Å². The first-order chi connectivity index (χ1) is 12.7. The zero-order valence-corrected chi connectivity index (χ0v) is 17.4. The second-order valence-electron chi connectivity index (χ2n) is 6.93. The molecule has 0 amide bonds. The minimum absolute atomic E-state index is 0. The molecule has 0 radical (unpaired) electrons. The van der Waals surface area contributed by atoms with E-state index in [0.717, 1.165) is 11.3 Å². The van der Waals surface area contributed by atoms with Crippen molar-refractivity contribution in [2.24, 2.45) is 5.73 Å². The smallest absolute Gasteiger partial charge is 0.669 e. The monoisotopic (exact) mass is 394 g/mol. The Hall–Kier alpha value is -2.05. The average molecular weight is 394 g/mol. The number of nitrogens with one attached hydrogen (secondary N) is 1. The Labute approximate surface area is 182 Å². The van der Waals surface area contributed by atoms with Gasteiger partial charge in [-0.15, -0.1) is 0 Å². The second kappa shape index (κ2) is 7.41. The molecule has 5 N–H and O–H groups in total. The normalized spacial score (nSPS) is 16.6. The van der Waals surface area contributed by atoms with Crippen molar-refractivity contribution >= 4 is 18.7 Å². The fraction of sp³-hybridized carbons (Fsp3) is 0.312. The molecule has 2 aliphatic heterocycles. The molecule has 2 aliphatic rings. The Morgan fingerprint density at radius 2 is 2.11 bits per heavy atom. The molecular formula is C16H18BN5NaO5-. The minimum Gasteiger partial charge on any atom is -0.669 e. The van der Waals surface area contributed by atoms with Gasteiger partial charge in [-0.25, -0.2) is 0 Å². The fourth-order valence-electron chi connectivity index (χ4n) is 3.58. The topological polar surface area (TPSA) is 161 Å². The number of nitrogens with zero attached hydrogens (tertiary/aromatic N) is 3. The maximum absolute atomic E-state index is 11.7. The third-order valence-corrected chi connectivity index (χ3v) is 4.93. The van der Waals surface area contributed by atoms with Gasteiger partial charge < -0.3 is 35.2 Å². The first-order valence-corrected chi connectivity index (χ1v) is 8.53. The van der Waals surface area contributed by atoms with Crippen molar-refractivity contribution in [3.8, 4) is 5.75 Å². The van der Waals surface area contributed by atoms with E-state index in [0.29, 0.717) is 30.6 Å². The van der Waals surface area contributed by atoms with Crippen molar-refractivity contribution in [3.05, 3.63) is 46.3 Å². The number of carboxylic acids is 1. The van der Waals surface area contributed by atoms with Crippen LogP contribution < -0.4 is 45.1 Å². The van der Waals surface area contributed by atoms with Crippen molar-refractivity contribution in [2.45, 2.75) is 32.4 Å². The van der Waals surface area contributed by atoms with Crippen LogP contribution in [0.25, 0.3) is 0 Å². The van der Waals surface area contributed by atoms with Crippen LogP contribution in [0, 0.1) is 5.41 Å². The molecule has 28 heavy (non-hydrogen) atoms. The predicted octanol–water partition coefficient (Wildman–Crippen LogP) is -4.63. The summed E-state index contributed by atoms with van der Waals surface area (Å²) in [6.07, 6.45) is 2.10. The van der Waals surface area contributed by atoms with Crippen molar-refractivity contribution in [1.29, 1.82) is 5.41 Å². The number of rotatable bonds is 3. The summed E-state index contributed by atoms with van der Waals surface area (Å²) in [6.45, 7) is -2.02. The number of aromatic carboxylic acids is 1. The van der Waals surface area contributed by atoms with E-state index < -0.39 is 12.7 Å². The molecule has 1 aromatic heterocycles. The van der Waals surface area contributed by atoms with Crippen LogP contribution in [0.2, 0.25) is 6.32 Å². The van der Waals surface area contributed by atoms with Gasteiger partial charge in [-0.3, -0.25) is 10.1 Å². The Kier molecular flexibility index (Phi) is 5.48. The Morgan fingerprint density at radius 1 is 1.36 bits per heavy atom. The summed E-state index contributed by atoms with van der Waals surface area (Å²) in [5.41, 5.74) is 7.99. The summed E-state index contributed by atoms with van der Waals surface area (Å²) in [6, 6.07) is 3.38. The molecule has 0 unspecified atom stereocenters. The van der Waals surface area contributed by atoms with Crippen LogP contribution in [-0.4, -0.2) is 43.4 Å². The van der Waals surface area contributed by atoms with Crippen molar-refractivity contribution in [1.82, 2.24) is 14.7 Å². The van der Waals surface area contributed by atoms with Crippen LogP contribution in [-0.2, 0) is 26.1 Å². The molecule has 2 aromatic rings. The number of aromatic nitrogens is 2. The van der Waals surface area contributed by atoms with Gasteiger partial charge in [0.15, 0.2) is 5.96 Å². The largest absolute Gasteiger partial charge is 1.00 e. The number of hydrogen-bond donors (Lipinski definition) is 4. The Bertz CT molecular complexity index is 940. The first-order valence-electron chi connectivity index (χ1n) is 8.53. The van der Waals surface area contributed by atoms with Gasteiger partial charge in [0.25, 0.3) is 0 Å². The Balaban J connectivity index is 0.00000225. The second-order valence-corrected chi connectivity index (χ2v) is 6.93. The molecular weight excluding hydrogens is 376 g/mol. The maximum Gasteiger partial charge on any atom is 1.00 e. The van der Waals surface area contributed by atoms with Crippen molar-refractivity contribution in [2.75, 3.05) is 0 Å². The van der Waals surface area contributed by atoms with Crippen molar-refractivity contribution < 1.29 is 54.2 Å². The standard InChI is InChI=1S/C16H19BN5O5.Na/c18-16(19)21-5-11-7-22(20-12(11)8-21)6-10-2-1-9-3-4-17(25,26)27-14(9)13(10)15(23)24;/h1-2,7,25-26H,3-6,8H2,(H3,18,19)(H,23,24);/q-1;+1/p-1. The quantitative estimate of drug-likeness (QED) is 0.230. The number of guanidine groups is 1. The van der Waals surface area contributed by atoms with Crippen LogP contribution in [0.1, 0.15) is 32.7 Å². The van der Waals surface area contributed by atoms with E-state index in [1.54, 1.807) is 27.9 Å². The summed E-state index contributed by atoms with van der Waals surface area (Å²) >= 11 is 0. The van der Waals surface area contributed by atoms with Crippen LogP contribution in [0.4, 0.5) is 0 Å². The zero-order chi connectivity index (χ0) is 19.3. The molecule has 10 nitrogen and oxygen atoms in total. The summed E-state index contributed by atoms with van der Waals surface area (Å²) in [7, 11) is 0. The number of hydrogen-bond acceptors (Lipinski definition) is 7. The summed E-state index contributed by atoms with van der Waals surface area (Å²) in [5.74, 6) is -1.52. The Morgan fingerprint density at radius 3 is 2.75 bits per heavy atom. The third-order valence-electron chi connectivity index (χ3n) is 4.93. The van der Waals surface area contributed by atoms with E-state index in [4.69, 9.17) is 15.8 Å². The average Bonchev–Trinajstić information content (AvgIpc) is 3.11. The van der Waals surface area contributed by atoms with E-state index in [2.05, 4.69) is 5.10 Å². The van der Waals surface area contributed by atoms with Gasteiger partial charge in [0.05, 0.1) is 30.5 Å². The van der Waals surface area contributed by atoms with Crippen LogP contribution in [0.15, 0.2) is 18.3 Å². The molecule has 0 atom stereocenters. The molecule has 12 heteroatoms. The van der Waals surface area contributed by atoms with E-state index in [9.17, 15) is 19.9 Å². The number of carbonyl (C=O) groups excluding carboxylic acids is 1. The fourth-order valence-corrected chi connectivity index (χ4v) is 3.58. The van der Waals surface area contributed by atoms with Gasteiger partial charge in [0.2, 0.25) is 0 Å². The van der Waals surface area contributed by atoms with Gasteiger partial charge in [-0.2, -0.15) is 5.10 Å². The summed E-state index contributed by atoms with van der Waals surface area (Å²) < 4.78 is 6.78. The van der Waals surface area contributed by atoms with E-state index in [1.807, 2.05) is 0 Å². The molecule has 0 aliphatic carbocycles. The van der Waals surface area contributed by atoms with E-state index in [-0.39, 0.29) is 59.7 Å². The molecule has 3 heterocycles. The van der Waals surface area contributed by atoms with E-state index >= 15 is 0 Å². The molecule has 0 saturated heterocycles. The molecule has 1 aromatic carbocycles. The molecule has 142 valence electrons. The molecule has 0 saturated carbocycles. The van der Waals surface area contributed by atoms with Crippen LogP contribution in [0.3, 0.4) is 0 Å². The van der Waals surface area contributed by atoms with Crippen molar-refractivity contribution in [3.63, 3.8) is 0 Å². The first kappa shape index (κ1) is 20.7. The number of carbonyl (C=O) groups is 1. The van der Waals surface area contributed by atoms with Gasteiger partial charge in [-0.1, -0.05) is 18.5 Å². The molecule has 0 bridgehead atoms. The van der Waals surface area contributed by atoms with Crippen LogP contribution in [0.5, 0.6) is 5.75 Å². The number of fused-ring (bicyclic) bond motifs is 2. The summed E-state index contributed by atoms with van der Waals surface area (Å²) in [4.78, 5) is 13.4. The zero-order valence-electron chi connectivity index (χ0n) is 15.4. The van der Waals surface area contributed by atoms with Gasteiger partial charge in [0, 0.05) is 23.9 Å². The molecule has 4 rings (SSSR count). The maximum atomic E-state index is 11.7. The molecule has 0 fully saturated rings. The number of nitrogens with two attached hydrogens (primary N) is 1. The number of aryl methyl sites for hydroxylation is 1. The van der Waals surface area contributed by atoms with Gasteiger partial charge in [0.1, 0.15) is 0 Å². The third kappa shape index (κ3) is 3.76. The minimum atomic E-state index is -3.08. The SMILES string of the molecule is N=C(N)N1Cc2cn(Cc3ccc4c(c3C(=O)[O-])O[B-](O)(O)CC4)nc2C1.[Na+]. The number of benzene rings is 1. The van der Waals surface area contributed by atoms with E-state index in [1.165, 1.54) is 0 Å². The van der Waals surface area contributed by atoms with Gasteiger partial charge >= 0.3 is 36.3 Å². The molecule has 0 spiro atoms.